The molecule has 8 heteroatoms. The predicted octanol–water partition coefficient (Wildman–Crippen LogP) is 4.30. The third-order valence-corrected chi connectivity index (χ3v) is 3.40. The summed E-state index contributed by atoms with van der Waals surface area (Å²) >= 11 is 3.13. The van der Waals surface area contributed by atoms with E-state index in [-0.39, 0.29) is 17.0 Å². The largest absolute Gasteiger partial charge is 0.507 e. The van der Waals surface area contributed by atoms with Gasteiger partial charge in [0.25, 0.3) is 5.91 Å². The lowest BCUT2D eigenvalue weighted by Gasteiger charge is -2.12. The molecule has 2 aromatic carbocycles. The van der Waals surface area contributed by atoms with Crippen LogP contribution in [0, 0.1) is 11.3 Å². The van der Waals surface area contributed by atoms with Crippen LogP contribution in [0.4, 0.5) is 18.9 Å². The van der Waals surface area contributed by atoms with Gasteiger partial charge in [0.1, 0.15) is 5.75 Å². The van der Waals surface area contributed by atoms with Gasteiger partial charge in [-0.15, -0.1) is 0 Å². The molecule has 2 rings (SSSR count). The average molecular weight is 385 g/mol. The van der Waals surface area contributed by atoms with Crippen LogP contribution in [0.1, 0.15) is 21.5 Å². The highest BCUT2D eigenvalue weighted by atomic mass is 79.9. The van der Waals surface area contributed by atoms with Crippen LogP contribution in [0.5, 0.6) is 5.75 Å². The van der Waals surface area contributed by atoms with E-state index in [4.69, 9.17) is 5.26 Å². The number of benzene rings is 2. The van der Waals surface area contributed by atoms with Crippen molar-refractivity contribution in [2.24, 2.45) is 0 Å². The lowest BCUT2D eigenvalue weighted by Crippen LogP contribution is -2.14. The van der Waals surface area contributed by atoms with Gasteiger partial charge in [-0.1, -0.05) is 15.9 Å². The highest BCUT2D eigenvalue weighted by Crippen LogP contribution is 2.33. The number of nitrogens with one attached hydrogen (secondary N) is 1. The first-order valence-electron chi connectivity index (χ1n) is 6.13. The molecule has 1 amide bonds. The molecule has 0 spiro atoms. The maximum absolute atomic E-state index is 12.9. The van der Waals surface area contributed by atoms with Crippen LogP contribution in [0.15, 0.2) is 40.9 Å². The quantitative estimate of drug-likeness (QED) is 0.810. The third-order valence-electron chi connectivity index (χ3n) is 2.91. The summed E-state index contributed by atoms with van der Waals surface area (Å²) < 4.78 is 39.2. The van der Waals surface area contributed by atoms with Gasteiger partial charge < -0.3 is 10.4 Å². The van der Waals surface area contributed by atoms with Crippen molar-refractivity contribution in [2.45, 2.75) is 6.18 Å². The smallest absolute Gasteiger partial charge is 0.417 e. The molecule has 118 valence electrons. The van der Waals surface area contributed by atoms with Gasteiger partial charge in [0.2, 0.25) is 0 Å². The summed E-state index contributed by atoms with van der Waals surface area (Å²) in [6.45, 7) is 0. The zero-order chi connectivity index (χ0) is 17.2. The molecule has 4 nitrogen and oxygen atoms in total. The van der Waals surface area contributed by atoms with Crippen molar-refractivity contribution in [3.05, 3.63) is 57.6 Å². The number of hydrogen-bond acceptors (Lipinski definition) is 3. The number of amides is 1. The Hall–Kier alpha value is -2.53. The molecule has 0 aliphatic heterocycles. The van der Waals surface area contributed by atoms with E-state index in [1.54, 1.807) is 0 Å². The van der Waals surface area contributed by atoms with Gasteiger partial charge in [0.15, 0.2) is 0 Å². The molecule has 0 saturated heterocycles. The fourth-order valence-corrected chi connectivity index (χ4v) is 2.20. The van der Waals surface area contributed by atoms with E-state index >= 15 is 0 Å². The lowest BCUT2D eigenvalue weighted by atomic mass is 10.1. The Kier molecular flexibility index (Phi) is 4.61. The maximum atomic E-state index is 12.9. The minimum atomic E-state index is -4.72. The number of nitrogens with zero attached hydrogens (tertiary/aromatic N) is 1. The fraction of sp³-hybridized carbons (Fsp3) is 0.0667. The fourth-order valence-electron chi connectivity index (χ4n) is 1.84. The second-order valence-corrected chi connectivity index (χ2v) is 5.40. The lowest BCUT2D eigenvalue weighted by molar-refractivity contribution is -0.137. The van der Waals surface area contributed by atoms with Crippen LogP contribution >= 0.6 is 15.9 Å². The molecule has 2 N–H and O–H groups in total. The molecule has 2 aromatic rings. The summed E-state index contributed by atoms with van der Waals surface area (Å²) in [6.07, 6.45) is -4.72. The van der Waals surface area contributed by atoms with Crippen molar-refractivity contribution in [2.75, 3.05) is 5.32 Å². The van der Waals surface area contributed by atoms with E-state index in [1.165, 1.54) is 30.3 Å². The number of anilines is 1. The molecule has 0 aliphatic rings. The molecule has 0 bridgehead atoms. The van der Waals surface area contributed by atoms with E-state index in [9.17, 15) is 23.1 Å². The Balaban J connectivity index is 2.36. The number of carbonyl (C=O) groups excluding carboxylic acids is 1. The number of rotatable bonds is 2. The minimum absolute atomic E-state index is 0.0997. The molecular formula is C15H8BrF3N2O2. The van der Waals surface area contributed by atoms with Gasteiger partial charge in [-0.3, -0.25) is 4.79 Å². The van der Waals surface area contributed by atoms with Crippen molar-refractivity contribution < 1.29 is 23.1 Å². The normalized spacial score (nSPS) is 10.9. The van der Waals surface area contributed by atoms with Crippen molar-refractivity contribution in [1.82, 2.24) is 0 Å². The Morgan fingerprint density at radius 3 is 2.52 bits per heavy atom. The van der Waals surface area contributed by atoms with Crippen LogP contribution in [0.3, 0.4) is 0 Å². The number of aromatic hydroxyl groups is 1. The van der Waals surface area contributed by atoms with Gasteiger partial charge >= 0.3 is 6.18 Å². The number of phenols is 1. The Morgan fingerprint density at radius 1 is 1.22 bits per heavy atom. The highest BCUT2D eigenvalue weighted by molar-refractivity contribution is 9.10. The number of hydrogen-bond donors (Lipinski definition) is 2. The van der Waals surface area contributed by atoms with Crippen LogP contribution < -0.4 is 5.32 Å². The van der Waals surface area contributed by atoms with E-state index in [0.29, 0.717) is 10.5 Å². The number of nitriles is 1. The number of alkyl halides is 3. The second kappa shape index (κ2) is 6.30. The van der Waals surface area contributed by atoms with Crippen molar-refractivity contribution in [1.29, 1.82) is 5.26 Å². The van der Waals surface area contributed by atoms with Gasteiger partial charge in [-0.2, -0.15) is 18.4 Å². The van der Waals surface area contributed by atoms with E-state index < -0.39 is 23.2 Å². The third kappa shape index (κ3) is 3.81. The molecule has 0 atom stereocenters. The Bertz CT molecular complexity index is 813. The van der Waals surface area contributed by atoms with Crippen LogP contribution in [0.25, 0.3) is 0 Å². The number of phenolic OH excluding ortho intramolecular Hbond substituents is 1. The minimum Gasteiger partial charge on any atom is -0.507 e. The van der Waals surface area contributed by atoms with E-state index in [2.05, 4.69) is 21.2 Å². The Labute approximate surface area is 137 Å². The van der Waals surface area contributed by atoms with Crippen molar-refractivity contribution in [3.8, 4) is 11.8 Å². The zero-order valence-electron chi connectivity index (χ0n) is 11.3. The summed E-state index contributed by atoms with van der Waals surface area (Å²) in [5.41, 5.74) is -1.92. The first-order valence-corrected chi connectivity index (χ1v) is 6.93. The number of carbonyl (C=O) groups is 1. The standard InChI is InChI=1S/C15H8BrF3N2O2/c16-9-2-4-13(22)11(5-9)14(23)21-10-3-1-8(7-20)12(6-10)15(17,18)19/h1-6,22H,(H,21,23). The summed E-state index contributed by atoms with van der Waals surface area (Å²) in [6, 6.07) is 8.40. The summed E-state index contributed by atoms with van der Waals surface area (Å²) in [7, 11) is 0. The summed E-state index contributed by atoms with van der Waals surface area (Å²) in [5, 5.41) is 20.6. The van der Waals surface area contributed by atoms with Gasteiger partial charge in [0, 0.05) is 10.2 Å². The maximum Gasteiger partial charge on any atom is 0.417 e. The monoisotopic (exact) mass is 384 g/mol. The predicted molar refractivity (Wildman–Crippen MR) is 79.9 cm³/mol. The van der Waals surface area contributed by atoms with E-state index in [0.717, 1.165) is 6.07 Å². The van der Waals surface area contributed by atoms with Crippen LogP contribution in [-0.2, 0) is 6.18 Å². The topological polar surface area (TPSA) is 73.1 Å². The Morgan fingerprint density at radius 2 is 1.91 bits per heavy atom. The molecule has 0 aromatic heterocycles. The molecule has 0 unspecified atom stereocenters. The average Bonchev–Trinajstić information content (AvgIpc) is 2.48. The highest BCUT2D eigenvalue weighted by Gasteiger charge is 2.34. The molecular weight excluding hydrogens is 377 g/mol. The molecule has 0 aliphatic carbocycles. The summed E-state index contributed by atoms with van der Waals surface area (Å²) in [4.78, 5) is 12.1. The second-order valence-electron chi connectivity index (χ2n) is 4.49. The molecule has 0 radical (unpaired) electrons. The number of halogens is 4. The van der Waals surface area contributed by atoms with E-state index in [1.807, 2.05) is 0 Å². The zero-order valence-corrected chi connectivity index (χ0v) is 12.9. The molecule has 0 fully saturated rings. The van der Waals surface area contributed by atoms with Crippen molar-refractivity contribution >= 4 is 27.5 Å². The first kappa shape index (κ1) is 16.8. The first-order chi connectivity index (χ1) is 10.7. The van der Waals surface area contributed by atoms with Gasteiger partial charge in [-0.25, -0.2) is 0 Å². The van der Waals surface area contributed by atoms with Gasteiger partial charge in [-0.05, 0) is 36.4 Å². The van der Waals surface area contributed by atoms with Crippen LogP contribution in [0.2, 0.25) is 0 Å². The van der Waals surface area contributed by atoms with Crippen LogP contribution in [-0.4, -0.2) is 11.0 Å². The molecule has 23 heavy (non-hydrogen) atoms. The SMILES string of the molecule is N#Cc1ccc(NC(=O)c2cc(Br)ccc2O)cc1C(F)(F)F. The molecule has 0 saturated carbocycles. The summed E-state index contributed by atoms with van der Waals surface area (Å²) in [5.74, 6) is -1.09. The van der Waals surface area contributed by atoms with Crippen molar-refractivity contribution in [3.63, 3.8) is 0 Å². The molecule has 0 heterocycles. The van der Waals surface area contributed by atoms with Gasteiger partial charge in [0.05, 0.1) is 22.8 Å².